The molecule has 2 rings (SSSR count). The summed E-state index contributed by atoms with van der Waals surface area (Å²) in [5.41, 5.74) is 0.670. The van der Waals surface area contributed by atoms with Crippen LogP contribution < -0.4 is 0 Å². The minimum Gasteiger partial charge on any atom is -0.481 e. The molecule has 5 heteroatoms. The second kappa shape index (κ2) is 8.42. The predicted molar refractivity (Wildman–Crippen MR) is 123 cm³/mol. The van der Waals surface area contributed by atoms with Gasteiger partial charge in [0, 0.05) is 0 Å². The van der Waals surface area contributed by atoms with Gasteiger partial charge < -0.3 is 14.6 Å². The average Bonchev–Trinajstić information content (AvgIpc) is 2.63. The van der Waals surface area contributed by atoms with Crippen molar-refractivity contribution in [3.8, 4) is 0 Å². The third kappa shape index (κ3) is 5.56. The molecule has 2 atom stereocenters. The van der Waals surface area contributed by atoms with Crippen molar-refractivity contribution in [2.24, 2.45) is 5.41 Å². The van der Waals surface area contributed by atoms with E-state index in [-0.39, 0.29) is 11.6 Å². The van der Waals surface area contributed by atoms with Crippen LogP contribution in [0, 0.1) is 5.41 Å². The number of hydrogen-bond acceptors (Lipinski definition) is 3. The minimum absolute atomic E-state index is 0.0238. The molecular weight excluding hydrogens is 380 g/mol. The largest absolute Gasteiger partial charge is 0.481 e. The summed E-state index contributed by atoms with van der Waals surface area (Å²) in [7, 11) is -2.04. The van der Waals surface area contributed by atoms with Crippen molar-refractivity contribution in [1.82, 2.24) is 0 Å². The molecule has 0 saturated carbocycles. The van der Waals surface area contributed by atoms with Crippen LogP contribution >= 0.6 is 0 Å². The molecule has 0 radical (unpaired) electrons. The fourth-order valence-electron chi connectivity index (χ4n) is 2.66. The molecule has 2 N–H and O–H groups in total. The van der Waals surface area contributed by atoms with Crippen LogP contribution in [0.4, 0.5) is 0 Å². The lowest BCUT2D eigenvalue weighted by atomic mass is 9.90. The maximum absolute atomic E-state index is 12.0. The number of hydrogen-bond donors (Lipinski definition) is 2. The van der Waals surface area contributed by atoms with E-state index < -0.39 is 25.8 Å². The summed E-state index contributed by atoms with van der Waals surface area (Å²) in [4.78, 5) is 12.0. The fourth-order valence-corrected chi connectivity index (χ4v) is 3.75. The number of carboxylic acids is 1. The SMILES string of the molecule is CC(O)c1ccc2ccc(C=CC(C)(CO[Si](C)(C)C(C)(C)C)C(=O)O)cc2c1. The molecule has 0 amide bonds. The molecule has 0 fully saturated rings. The first-order chi connectivity index (χ1) is 13.2. The third-order valence-electron chi connectivity index (χ3n) is 6.04. The Kier molecular flexibility index (Phi) is 6.77. The van der Waals surface area contributed by atoms with Gasteiger partial charge in [-0.3, -0.25) is 4.79 Å². The zero-order chi connectivity index (χ0) is 22.0. The third-order valence-corrected chi connectivity index (χ3v) is 10.5. The standard InChI is InChI=1S/C24H34O4Si/c1-17(25)20-11-10-19-9-8-18(14-21(19)15-20)12-13-24(5,22(26)27)16-28-29(6,7)23(2,3)4/h8-15,17,25H,16H2,1-7H3,(H,26,27). The number of fused-ring (bicyclic) bond motifs is 1. The monoisotopic (exact) mass is 414 g/mol. The van der Waals surface area contributed by atoms with E-state index in [0.717, 1.165) is 21.9 Å². The summed E-state index contributed by atoms with van der Waals surface area (Å²) >= 11 is 0. The van der Waals surface area contributed by atoms with E-state index >= 15 is 0 Å². The van der Waals surface area contributed by atoms with Crippen LogP contribution in [0.15, 0.2) is 42.5 Å². The molecule has 0 saturated heterocycles. The number of carbonyl (C=O) groups is 1. The molecule has 2 aromatic carbocycles. The van der Waals surface area contributed by atoms with E-state index in [9.17, 15) is 15.0 Å². The fraction of sp³-hybridized carbons (Fsp3) is 0.458. The number of carboxylic acid groups (broad SMARTS) is 1. The number of aliphatic hydroxyl groups is 1. The Bertz CT molecular complexity index is 909. The predicted octanol–water partition coefficient (Wildman–Crippen LogP) is 6.02. The van der Waals surface area contributed by atoms with Gasteiger partial charge in [-0.15, -0.1) is 0 Å². The molecule has 0 aliphatic carbocycles. The Labute approximate surface area is 175 Å². The summed E-state index contributed by atoms with van der Waals surface area (Å²) < 4.78 is 6.20. The average molecular weight is 415 g/mol. The van der Waals surface area contributed by atoms with Gasteiger partial charge in [0.05, 0.1) is 12.7 Å². The van der Waals surface area contributed by atoms with Gasteiger partial charge in [-0.25, -0.2) is 0 Å². The van der Waals surface area contributed by atoms with Gasteiger partial charge in [0.25, 0.3) is 0 Å². The molecule has 2 aromatic rings. The van der Waals surface area contributed by atoms with Crippen molar-refractivity contribution in [3.63, 3.8) is 0 Å². The second-order valence-corrected chi connectivity index (χ2v) is 14.5. The topological polar surface area (TPSA) is 66.8 Å². The van der Waals surface area contributed by atoms with E-state index in [2.05, 4.69) is 33.9 Å². The molecule has 0 heterocycles. The molecule has 0 spiro atoms. The highest BCUT2D eigenvalue weighted by molar-refractivity contribution is 6.74. The molecule has 29 heavy (non-hydrogen) atoms. The summed E-state index contributed by atoms with van der Waals surface area (Å²) in [6, 6.07) is 11.9. The number of rotatable bonds is 7. The van der Waals surface area contributed by atoms with Gasteiger partial charge in [-0.05, 0) is 66.0 Å². The summed E-state index contributed by atoms with van der Waals surface area (Å²) in [6.07, 6.45) is 3.04. The Hall–Kier alpha value is -1.95. The van der Waals surface area contributed by atoms with E-state index in [1.807, 2.05) is 42.5 Å². The number of aliphatic carboxylic acids is 1. The van der Waals surface area contributed by atoms with Crippen molar-refractivity contribution in [3.05, 3.63) is 53.6 Å². The van der Waals surface area contributed by atoms with Gasteiger partial charge >= 0.3 is 5.97 Å². The van der Waals surface area contributed by atoms with Crippen molar-refractivity contribution in [2.75, 3.05) is 6.61 Å². The summed E-state index contributed by atoms with van der Waals surface area (Å²) in [5.74, 6) is -0.898. The molecule has 0 aromatic heterocycles. The maximum Gasteiger partial charge on any atom is 0.315 e. The summed E-state index contributed by atoms with van der Waals surface area (Å²) in [6.45, 7) is 14.3. The zero-order valence-corrected chi connectivity index (χ0v) is 19.6. The van der Waals surface area contributed by atoms with E-state index in [0.29, 0.717) is 0 Å². The highest BCUT2D eigenvalue weighted by Crippen LogP contribution is 2.38. The van der Waals surface area contributed by atoms with Gasteiger partial charge in [0.2, 0.25) is 0 Å². The van der Waals surface area contributed by atoms with Crippen LogP contribution in [0.2, 0.25) is 18.1 Å². The maximum atomic E-state index is 12.0. The second-order valence-electron chi connectivity index (χ2n) is 9.65. The van der Waals surface area contributed by atoms with Crippen LogP contribution in [-0.2, 0) is 9.22 Å². The highest BCUT2D eigenvalue weighted by atomic mass is 28.4. The lowest BCUT2D eigenvalue weighted by molar-refractivity contribution is -0.146. The Balaban J connectivity index is 2.28. The van der Waals surface area contributed by atoms with Crippen LogP contribution in [0.1, 0.15) is 51.8 Å². The first-order valence-electron chi connectivity index (χ1n) is 10.0. The molecule has 0 aliphatic rings. The van der Waals surface area contributed by atoms with Crippen molar-refractivity contribution in [1.29, 1.82) is 0 Å². The van der Waals surface area contributed by atoms with Crippen molar-refractivity contribution in [2.45, 2.75) is 58.9 Å². The van der Waals surface area contributed by atoms with Crippen LogP contribution in [-0.4, -0.2) is 31.1 Å². The Morgan fingerprint density at radius 2 is 1.72 bits per heavy atom. The molecule has 0 bridgehead atoms. The Morgan fingerprint density at radius 3 is 2.28 bits per heavy atom. The van der Waals surface area contributed by atoms with E-state index in [1.54, 1.807) is 19.9 Å². The molecule has 158 valence electrons. The first-order valence-corrected chi connectivity index (χ1v) is 12.9. The van der Waals surface area contributed by atoms with Gasteiger partial charge in [-0.1, -0.05) is 57.2 Å². The lowest BCUT2D eigenvalue weighted by Crippen LogP contribution is -2.44. The van der Waals surface area contributed by atoms with Crippen LogP contribution in [0.5, 0.6) is 0 Å². The van der Waals surface area contributed by atoms with Gasteiger partial charge in [-0.2, -0.15) is 0 Å². The van der Waals surface area contributed by atoms with Gasteiger partial charge in [0.15, 0.2) is 8.32 Å². The van der Waals surface area contributed by atoms with E-state index in [1.165, 1.54) is 0 Å². The normalized spacial score (nSPS) is 16.1. The van der Waals surface area contributed by atoms with Crippen molar-refractivity contribution < 1.29 is 19.4 Å². The highest BCUT2D eigenvalue weighted by Gasteiger charge is 2.40. The van der Waals surface area contributed by atoms with Gasteiger partial charge in [0.1, 0.15) is 5.41 Å². The van der Waals surface area contributed by atoms with Crippen LogP contribution in [0.25, 0.3) is 16.8 Å². The summed E-state index contributed by atoms with van der Waals surface area (Å²) in [5, 5.41) is 21.8. The van der Waals surface area contributed by atoms with Crippen molar-refractivity contribution >= 4 is 31.1 Å². The number of aliphatic hydroxyl groups excluding tert-OH is 1. The quantitative estimate of drug-likeness (QED) is 0.544. The minimum atomic E-state index is -2.04. The molecule has 0 aliphatic heterocycles. The Morgan fingerprint density at radius 1 is 1.10 bits per heavy atom. The number of benzene rings is 2. The zero-order valence-electron chi connectivity index (χ0n) is 18.6. The molecular formula is C24H34O4Si. The first kappa shape index (κ1) is 23.3. The lowest BCUT2D eigenvalue weighted by Gasteiger charge is -2.38. The smallest absolute Gasteiger partial charge is 0.315 e. The molecule has 4 nitrogen and oxygen atoms in total. The molecule has 2 unspecified atom stereocenters. The van der Waals surface area contributed by atoms with E-state index in [4.69, 9.17) is 4.43 Å². The van der Waals surface area contributed by atoms with Crippen LogP contribution in [0.3, 0.4) is 0 Å².